The fraction of sp³-hybridized carbons (Fsp3) is 0.147. The van der Waals surface area contributed by atoms with Gasteiger partial charge in [-0.1, -0.05) is 85.8 Å². The smallest absolute Gasteiger partial charge is 0.340 e. The van der Waals surface area contributed by atoms with Gasteiger partial charge < -0.3 is 20.1 Å². The van der Waals surface area contributed by atoms with Crippen molar-refractivity contribution in [3.8, 4) is 5.75 Å². The Morgan fingerprint density at radius 3 is 2.38 bits per heavy atom. The third-order valence-corrected chi connectivity index (χ3v) is 7.87. The maximum Gasteiger partial charge on any atom is 0.340 e. The molecule has 1 spiro atoms. The fourth-order valence-corrected chi connectivity index (χ4v) is 5.92. The normalized spacial score (nSPS) is 22.5. The molecule has 3 unspecified atom stereocenters. The number of carbonyl (C=O) groups is 1. The number of nitrogens with one attached hydrogen (secondary N) is 2. The van der Waals surface area contributed by atoms with Gasteiger partial charge in [0.25, 0.3) is 0 Å². The van der Waals surface area contributed by atoms with Gasteiger partial charge in [-0.15, -0.1) is 0 Å². The van der Waals surface area contributed by atoms with Crippen molar-refractivity contribution in [1.29, 1.82) is 0 Å². The highest BCUT2D eigenvalue weighted by Gasteiger charge is 2.55. The van der Waals surface area contributed by atoms with Gasteiger partial charge in [-0.2, -0.15) is 0 Å². The first-order chi connectivity index (χ1) is 19.1. The third kappa shape index (κ3) is 3.85. The molecule has 2 aliphatic heterocycles. The summed E-state index contributed by atoms with van der Waals surface area (Å²) in [7, 11) is 0. The van der Waals surface area contributed by atoms with Crippen molar-refractivity contribution in [2.45, 2.75) is 25.1 Å². The number of benzene rings is 4. The number of esters is 1. The molecule has 2 heterocycles. The summed E-state index contributed by atoms with van der Waals surface area (Å²) in [6.07, 6.45) is 4.25. The summed E-state index contributed by atoms with van der Waals surface area (Å²) >= 11 is 0. The number of rotatable bonds is 5. The number of fused-ring (bicyclic) bond motifs is 5. The molecule has 0 fully saturated rings. The lowest BCUT2D eigenvalue weighted by Crippen LogP contribution is -2.43. The highest BCUT2D eigenvalue weighted by Crippen LogP contribution is 2.56. The van der Waals surface area contributed by atoms with E-state index in [9.17, 15) is 4.79 Å². The van der Waals surface area contributed by atoms with Crippen molar-refractivity contribution in [2.24, 2.45) is 5.92 Å². The zero-order valence-electron chi connectivity index (χ0n) is 21.6. The predicted molar refractivity (Wildman–Crippen MR) is 152 cm³/mol. The number of para-hydroxylation sites is 1. The van der Waals surface area contributed by atoms with E-state index in [1.165, 1.54) is 5.56 Å². The Kier molecular flexibility index (Phi) is 5.60. The molecular weight excluding hydrogens is 484 g/mol. The molecule has 0 aromatic heterocycles. The molecule has 7 rings (SSSR count). The zero-order chi connectivity index (χ0) is 26.4. The van der Waals surface area contributed by atoms with Crippen molar-refractivity contribution in [2.75, 3.05) is 5.32 Å². The SMILES string of the molecule is CC1C2=C(C=CC1NCc1ccccc1)C1(OC(=O)c3ccccc31)c1ccc(Nc3ccccc3)cc1O2. The van der Waals surface area contributed by atoms with Crippen molar-refractivity contribution >= 4 is 17.3 Å². The number of anilines is 2. The maximum absolute atomic E-state index is 13.2. The van der Waals surface area contributed by atoms with E-state index < -0.39 is 5.60 Å². The largest absolute Gasteiger partial charge is 0.460 e. The van der Waals surface area contributed by atoms with Crippen LogP contribution in [0.2, 0.25) is 0 Å². The second-order valence-corrected chi connectivity index (χ2v) is 10.2. The van der Waals surface area contributed by atoms with E-state index in [2.05, 4.69) is 54.0 Å². The molecule has 3 aliphatic rings. The van der Waals surface area contributed by atoms with Gasteiger partial charge in [0.1, 0.15) is 11.5 Å². The third-order valence-electron chi connectivity index (χ3n) is 7.87. The van der Waals surface area contributed by atoms with E-state index in [4.69, 9.17) is 9.47 Å². The minimum Gasteiger partial charge on any atom is -0.460 e. The summed E-state index contributed by atoms with van der Waals surface area (Å²) in [4.78, 5) is 13.2. The van der Waals surface area contributed by atoms with Gasteiger partial charge in [0.15, 0.2) is 5.60 Å². The van der Waals surface area contributed by atoms with E-state index >= 15 is 0 Å². The quantitative estimate of drug-likeness (QED) is 0.286. The van der Waals surface area contributed by atoms with Crippen molar-refractivity contribution in [3.05, 3.63) is 149 Å². The molecule has 0 saturated carbocycles. The van der Waals surface area contributed by atoms with Crippen LogP contribution < -0.4 is 15.4 Å². The predicted octanol–water partition coefficient (Wildman–Crippen LogP) is 6.86. The molecule has 0 bridgehead atoms. The van der Waals surface area contributed by atoms with Crippen LogP contribution in [0.5, 0.6) is 5.75 Å². The first-order valence-electron chi connectivity index (χ1n) is 13.3. The molecule has 2 N–H and O–H groups in total. The van der Waals surface area contributed by atoms with Gasteiger partial charge in [-0.25, -0.2) is 4.79 Å². The van der Waals surface area contributed by atoms with Crippen LogP contribution in [0.25, 0.3) is 0 Å². The van der Waals surface area contributed by atoms with Gasteiger partial charge in [-0.3, -0.25) is 0 Å². The van der Waals surface area contributed by atoms with Crippen molar-refractivity contribution in [1.82, 2.24) is 5.32 Å². The Labute approximate surface area is 227 Å². The number of carbonyl (C=O) groups excluding carboxylic acids is 1. The fourth-order valence-electron chi connectivity index (χ4n) is 5.92. The molecule has 4 aromatic carbocycles. The standard InChI is InChI=1S/C34H28N2O3/c1-22-30(35-21-23-10-4-2-5-11-23)19-18-29-32(22)38-31-20-25(36-24-12-6-3-7-13-24)16-17-28(31)34(29)27-15-9-8-14-26(27)33(37)39-34/h2-20,22,30,35-36H,21H2,1H3. The van der Waals surface area contributed by atoms with Crippen LogP contribution in [0.4, 0.5) is 11.4 Å². The van der Waals surface area contributed by atoms with Crippen LogP contribution in [-0.2, 0) is 16.9 Å². The number of ether oxygens (including phenoxy) is 2. The summed E-state index contributed by atoms with van der Waals surface area (Å²) < 4.78 is 13.1. The second kappa shape index (κ2) is 9.29. The minimum atomic E-state index is -1.06. The molecule has 0 amide bonds. The highest BCUT2D eigenvalue weighted by molar-refractivity contribution is 5.97. The van der Waals surface area contributed by atoms with Gasteiger partial charge in [-0.05, 0) is 35.9 Å². The van der Waals surface area contributed by atoms with Gasteiger partial charge >= 0.3 is 5.97 Å². The molecule has 0 radical (unpaired) electrons. The van der Waals surface area contributed by atoms with E-state index in [0.717, 1.165) is 40.4 Å². The Hall–Kier alpha value is -4.61. The van der Waals surface area contributed by atoms with E-state index in [-0.39, 0.29) is 17.9 Å². The van der Waals surface area contributed by atoms with Gasteiger partial charge in [0.05, 0.1) is 5.56 Å². The molecule has 5 nitrogen and oxygen atoms in total. The molecule has 0 saturated heterocycles. The van der Waals surface area contributed by atoms with E-state index in [0.29, 0.717) is 11.3 Å². The summed E-state index contributed by atoms with van der Waals surface area (Å²) in [5.74, 6) is 1.19. The van der Waals surface area contributed by atoms with Crippen molar-refractivity contribution in [3.63, 3.8) is 0 Å². The average Bonchev–Trinajstić information content (AvgIpc) is 3.27. The van der Waals surface area contributed by atoms with E-state index in [1.807, 2.05) is 78.9 Å². The first kappa shape index (κ1) is 23.5. The molecule has 192 valence electrons. The Morgan fingerprint density at radius 2 is 1.56 bits per heavy atom. The molecule has 3 atom stereocenters. The molecular formula is C34H28N2O3. The zero-order valence-corrected chi connectivity index (χ0v) is 21.6. The monoisotopic (exact) mass is 512 g/mol. The lowest BCUT2D eigenvalue weighted by atomic mass is 9.73. The number of hydrogen-bond donors (Lipinski definition) is 2. The molecule has 39 heavy (non-hydrogen) atoms. The van der Waals surface area contributed by atoms with E-state index in [1.54, 1.807) is 0 Å². The van der Waals surface area contributed by atoms with Gasteiger partial charge in [0, 0.05) is 52.6 Å². The van der Waals surface area contributed by atoms with Crippen LogP contribution in [-0.4, -0.2) is 12.0 Å². The number of hydrogen-bond acceptors (Lipinski definition) is 5. The topological polar surface area (TPSA) is 59.6 Å². The Morgan fingerprint density at radius 1 is 0.821 bits per heavy atom. The summed E-state index contributed by atoms with van der Waals surface area (Å²) in [5, 5.41) is 7.14. The lowest BCUT2D eigenvalue weighted by Gasteiger charge is -2.42. The Balaban J connectivity index is 1.31. The average molecular weight is 513 g/mol. The first-order valence-corrected chi connectivity index (χ1v) is 13.3. The molecule has 4 aromatic rings. The van der Waals surface area contributed by atoms with Crippen molar-refractivity contribution < 1.29 is 14.3 Å². The van der Waals surface area contributed by atoms with Crippen LogP contribution in [0.1, 0.15) is 34.0 Å². The molecule has 5 heteroatoms. The molecule has 1 aliphatic carbocycles. The Bertz CT molecular complexity index is 1630. The van der Waals surface area contributed by atoms with Gasteiger partial charge in [0.2, 0.25) is 0 Å². The van der Waals surface area contributed by atoms with Crippen LogP contribution in [0.3, 0.4) is 0 Å². The summed E-state index contributed by atoms with van der Waals surface area (Å²) in [6, 6.07) is 34.2. The minimum absolute atomic E-state index is 0.0101. The highest BCUT2D eigenvalue weighted by atomic mass is 16.6. The van der Waals surface area contributed by atoms with Crippen LogP contribution in [0, 0.1) is 5.92 Å². The summed E-state index contributed by atoms with van der Waals surface area (Å²) in [5.41, 5.74) is 5.19. The van der Waals surface area contributed by atoms with Crippen LogP contribution in [0.15, 0.2) is 127 Å². The lowest BCUT2D eigenvalue weighted by molar-refractivity contribution is 0.0201. The second-order valence-electron chi connectivity index (χ2n) is 10.2. The van der Waals surface area contributed by atoms with Crippen LogP contribution >= 0.6 is 0 Å². The summed E-state index contributed by atoms with van der Waals surface area (Å²) in [6.45, 7) is 2.91. The maximum atomic E-state index is 13.2.